The predicted molar refractivity (Wildman–Crippen MR) is 101 cm³/mol. The first-order valence-electron chi connectivity index (χ1n) is 7.51. The lowest BCUT2D eigenvalue weighted by Crippen LogP contribution is -2.32. The fourth-order valence-corrected chi connectivity index (χ4v) is 2.70. The number of hydrogen-bond donors (Lipinski definition) is 1. The number of anilines is 1. The molecule has 0 heterocycles. The number of rotatable bonds is 5. The van der Waals surface area contributed by atoms with Crippen LogP contribution in [0.5, 0.6) is 5.75 Å². The maximum Gasteiger partial charge on any atom is 0.265 e. The summed E-state index contributed by atoms with van der Waals surface area (Å²) in [6.07, 6.45) is -0.129. The minimum atomic E-state index is -0.641. The molecule has 0 aromatic heterocycles. The first kappa shape index (κ1) is 18.9. The van der Waals surface area contributed by atoms with Crippen LogP contribution in [-0.4, -0.2) is 12.0 Å². The van der Waals surface area contributed by atoms with E-state index >= 15 is 0 Å². The topological polar surface area (TPSA) is 38.3 Å². The summed E-state index contributed by atoms with van der Waals surface area (Å²) in [7, 11) is 0. The summed E-state index contributed by atoms with van der Waals surface area (Å²) in [6, 6.07) is 8.74. The Hall–Kier alpha value is -1.42. The lowest BCUT2D eigenvalue weighted by Gasteiger charge is -2.18. The Balaban J connectivity index is 2.14. The molecule has 3 nitrogen and oxygen atoms in total. The van der Waals surface area contributed by atoms with Gasteiger partial charge in [0.1, 0.15) is 5.75 Å². The van der Waals surface area contributed by atoms with Crippen LogP contribution < -0.4 is 10.1 Å². The third-order valence-corrected chi connectivity index (χ3v) is 4.72. The lowest BCUT2D eigenvalue weighted by atomic mass is 10.1. The van der Waals surface area contributed by atoms with Gasteiger partial charge in [-0.25, -0.2) is 0 Å². The van der Waals surface area contributed by atoms with Gasteiger partial charge in [-0.15, -0.1) is 0 Å². The molecule has 0 fully saturated rings. The van der Waals surface area contributed by atoms with Crippen LogP contribution >= 0.6 is 34.8 Å². The van der Waals surface area contributed by atoms with Crippen LogP contribution in [0.4, 0.5) is 5.69 Å². The molecular formula is C18H18Cl3NO2. The van der Waals surface area contributed by atoms with E-state index in [-0.39, 0.29) is 5.91 Å². The summed E-state index contributed by atoms with van der Waals surface area (Å²) in [6.45, 7) is 5.90. The van der Waals surface area contributed by atoms with Gasteiger partial charge in [-0.1, -0.05) is 47.8 Å². The smallest absolute Gasteiger partial charge is 0.265 e. The summed E-state index contributed by atoms with van der Waals surface area (Å²) in [5.74, 6) is 0.358. The molecule has 128 valence electrons. The monoisotopic (exact) mass is 385 g/mol. The maximum atomic E-state index is 12.5. The quantitative estimate of drug-likeness (QED) is 0.634. The Morgan fingerprint density at radius 3 is 2.33 bits per heavy atom. The van der Waals surface area contributed by atoms with Crippen molar-refractivity contribution < 1.29 is 9.53 Å². The number of carbonyl (C=O) groups is 1. The first-order chi connectivity index (χ1) is 11.3. The highest BCUT2D eigenvalue weighted by Crippen LogP contribution is 2.32. The van der Waals surface area contributed by atoms with Crippen molar-refractivity contribution in [2.75, 3.05) is 5.32 Å². The van der Waals surface area contributed by atoms with Crippen molar-refractivity contribution in [1.29, 1.82) is 0 Å². The Morgan fingerprint density at radius 1 is 1.04 bits per heavy atom. The number of halogens is 3. The molecule has 0 aliphatic heterocycles. The molecule has 1 atom stereocenters. The summed E-state index contributed by atoms with van der Waals surface area (Å²) >= 11 is 18.0. The molecule has 1 amide bonds. The fraction of sp³-hybridized carbons (Fsp3) is 0.278. The van der Waals surface area contributed by atoms with Gasteiger partial charge in [0.05, 0.1) is 20.8 Å². The third-order valence-electron chi connectivity index (χ3n) is 3.69. The largest absolute Gasteiger partial charge is 0.481 e. The SMILES string of the molecule is CC[C@@H](Oc1ccc(C)c(C)c1)C(=O)Nc1cc(Cl)c(Cl)cc1Cl. The second-order valence-electron chi connectivity index (χ2n) is 5.50. The number of nitrogens with one attached hydrogen (secondary N) is 1. The number of aryl methyl sites for hydroxylation is 2. The van der Waals surface area contributed by atoms with Crippen molar-refractivity contribution >= 4 is 46.4 Å². The molecule has 24 heavy (non-hydrogen) atoms. The molecule has 0 aliphatic carbocycles. The third kappa shape index (κ3) is 4.56. The minimum Gasteiger partial charge on any atom is -0.481 e. The fourth-order valence-electron chi connectivity index (χ4n) is 2.11. The van der Waals surface area contributed by atoms with E-state index in [1.165, 1.54) is 17.7 Å². The molecule has 2 rings (SSSR count). The Bertz CT molecular complexity index is 762. The highest BCUT2D eigenvalue weighted by Gasteiger charge is 2.20. The number of benzene rings is 2. The van der Waals surface area contributed by atoms with E-state index < -0.39 is 6.10 Å². The van der Waals surface area contributed by atoms with Gasteiger partial charge >= 0.3 is 0 Å². The van der Waals surface area contributed by atoms with Crippen LogP contribution in [0.3, 0.4) is 0 Å². The van der Waals surface area contributed by atoms with E-state index in [0.717, 1.165) is 5.56 Å². The van der Waals surface area contributed by atoms with E-state index in [1.807, 2.05) is 39.0 Å². The van der Waals surface area contributed by atoms with Gasteiger partial charge < -0.3 is 10.1 Å². The van der Waals surface area contributed by atoms with Crippen LogP contribution in [0, 0.1) is 13.8 Å². The Labute approximate surface area is 156 Å². The summed E-state index contributed by atoms with van der Waals surface area (Å²) in [4.78, 5) is 12.5. The molecule has 0 unspecified atom stereocenters. The van der Waals surface area contributed by atoms with Crippen molar-refractivity contribution in [3.05, 3.63) is 56.5 Å². The van der Waals surface area contributed by atoms with Crippen LogP contribution in [0.25, 0.3) is 0 Å². The predicted octanol–water partition coefficient (Wildman–Crippen LogP) is 6.06. The Kier molecular flexibility index (Phi) is 6.39. The van der Waals surface area contributed by atoms with Crippen molar-refractivity contribution in [3.8, 4) is 5.75 Å². The second-order valence-corrected chi connectivity index (χ2v) is 6.72. The van der Waals surface area contributed by atoms with E-state index in [2.05, 4.69) is 5.32 Å². The lowest BCUT2D eigenvalue weighted by molar-refractivity contribution is -0.122. The molecule has 0 spiro atoms. The second kappa shape index (κ2) is 8.11. The maximum absolute atomic E-state index is 12.5. The molecule has 0 aliphatic rings. The van der Waals surface area contributed by atoms with E-state index in [0.29, 0.717) is 32.9 Å². The van der Waals surface area contributed by atoms with E-state index in [1.54, 1.807) is 0 Å². The van der Waals surface area contributed by atoms with Crippen LogP contribution in [-0.2, 0) is 4.79 Å². The van der Waals surface area contributed by atoms with Crippen molar-refractivity contribution in [1.82, 2.24) is 0 Å². The zero-order valence-electron chi connectivity index (χ0n) is 13.6. The molecule has 0 bridgehead atoms. The average Bonchev–Trinajstić information content (AvgIpc) is 2.53. The summed E-state index contributed by atoms with van der Waals surface area (Å²) < 4.78 is 5.81. The molecule has 0 radical (unpaired) electrons. The average molecular weight is 387 g/mol. The molecular weight excluding hydrogens is 369 g/mol. The number of carbonyl (C=O) groups excluding carboxylic acids is 1. The summed E-state index contributed by atoms with van der Waals surface area (Å²) in [5, 5.41) is 3.71. The van der Waals surface area contributed by atoms with Crippen LogP contribution in [0.2, 0.25) is 15.1 Å². The molecule has 0 saturated heterocycles. The van der Waals surface area contributed by atoms with Crippen LogP contribution in [0.1, 0.15) is 24.5 Å². The highest BCUT2D eigenvalue weighted by molar-refractivity contribution is 6.44. The minimum absolute atomic E-state index is 0.295. The van der Waals surface area contributed by atoms with E-state index in [9.17, 15) is 4.79 Å². The van der Waals surface area contributed by atoms with Gasteiger partial charge in [0.2, 0.25) is 0 Å². The van der Waals surface area contributed by atoms with Gasteiger partial charge in [-0.2, -0.15) is 0 Å². The van der Waals surface area contributed by atoms with Crippen molar-refractivity contribution in [3.63, 3.8) is 0 Å². The first-order valence-corrected chi connectivity index (χ1v) is 8.64. The zero-order chi connectivity index (χ0) is 17.9. The number of amides is 1. The number of ether oxygens (including phenoxy) is 1. The van der Waals surface area contributed by atoms with E-state index in [4.69, 9.17) is 39.5 Å². The van der Waals surface area contributed by atoms with Crippen molar-refractivity contribution in [2.45, 2.75) is 33.3 Å². The van der Waals surface area contributed by atoms with Gasteiger partial charge in [0.15, 0.2) is 6.10 Å². The standard InChI is InChI=1S/C18H18Cl3NO2/c1-4-17(24-12-6-5-10(2)11(3)7-12)18(23)22-16-9-14(20)13(19)8-15(16)21/h5-9,17H,4H2,1-3H3,(H,22,23)/t17-/m1/s1. The molecule has 1 N–H and O–H groups in total. The van der Waals surface area contributed by atoms with Gasteiger partial charge in [0.25, 0.3) is 5.91 Å². The molecule has 0 saturated carbocycles. The van der Waals surface area contributed by atoms with Crippen molar-refractivity contribution in [2.24, 2.45) is 0 Å². The zero-order valence-corrected chi connectivity index (χ0v) is 15.9. The summed E-state index contributed by atoms with van der Waals surface area (Å²) in [5.41, 5.74) is 2.68. The Morgan fingerprint density at radius 2 is 1.71 bits per heavy atom. The number of hydrogen-bond acceptors (Lipinski definition) is 2. The normalized spacial score (nSPS) is 11.9. The molecule has 2 aromatic rings. The molecule has 2 aromatic carbocycles. The molecule has 6 heteroatoms. The van der Waals surface area contributed by atoms with Gasteiger partial charge in [-0.05, 0) is 55.7 Å². The highest BCUT2D eigenvalue weighted by atomic mass is 35.5. The van der Waals surface area contributed by atoms with Gasteiger partial charge in [-0.3, -0.25) is 4.79 Å². The van der Waals surface area contributed by atoms with Gasteiger partial charge in [0, 0.05) is 0 Å². The van der Waals surface area contributed by atoms with Crippen LogP contribution in [0.15, 0.2) is 30.3 Å².